The van der Waals surface area contributed by atoms with Gasteiger partial charge < -0.3 is 19.5 Å². The summed E-state index contributed by atoms with van der Waals surface area (Å²) in [6, 6.07) is 11.1. The predicted molar refractivity (Wildman–Crippen MR) is 134 cm³/mol. The van der Waals surface area contributed by atoms with Crippen LogP contribution in [0.1, 0.15) is 5.56 Å². The number of morpholine rings is 1. The topological polar surface area (TPSA) is 132 Å². The van der Waals surface area contributed by atoms with E-state index >= 15 is 0 Å². The average Bonchev–Trinajstić information content (AvgIpc) is 2.85. The molecule has 0 atom stereocenters. The van der Waals surface area contributed by atoms with E-state index in [1.165, 1.54) is 23.5 Å². The number of amides is 1. The first-order valence-electron chi connectivity index (χ1n) is 11.2. The second-order valence-corrected chi connectivity index (χ2v) is 12.0. The molecule has 1 aliphatic heterocycles. The smallest absolute Gasteiger partial charge is 0.243 e. The van der Waals surface area contributed by atoms with Gasteiger partial charge in [0.05, 0.1) is 43.7 Å². The van der Waals surface area contributed by atoms with Crippen molar-refractivity contribution in [3.63, 3.8) is 0 Å². The summed E-state index contributed by atoms with van der Waals surface area (Å²) in [5.74, 6) is 0.258. The zero-order valence-corrected chi connectivity index (χ0v) is 22.1. The number of aryl methyl sites for hydroxylation is 1. The number of hydrogen-bond acceptors (Lipinski definition) is 8. The Morgan fingerprint density at radius 3 is 2.36 bits per heavy atom. The van der Waals surface area contributed by atoms with E-state index in [9.17, 15) is 21.6 Å². The van der Waals surface area contributed by atoms with E-state index in [2.05, 4.69) is 5.32 Å². The largest absolute Gasteiger partial charge is 0.495 e. The molecule has 3 rings (SSSR count). The van der Waals surface area contributed by atoms with Crippen molar-refractivity contribution in [1.82, 2.24) is 9.62 Å². The number of ether oxygens (including phenoxy) is 3. The van der Waals surface area contributed by atoms with Crippen LogP contribution >= 0.6 is 0 Å². The summed E-state index contributed by atoms with van der Waals surface area (Å²) >= 11 is 0. The molecule has 2 aromatic rings. The van der Waals surface area contributed by atoms with E-state index in [0.717, 1.165) is 16.1 Å². The molecule has 0 aromatic heterocycles. The SMILES string of the molecule is COc1ccc(C)cc1N(CC(=O)NCCOc1ccc(S(=O)(=O)N2CCOCC2)cc1)S(C)(=O)=O. The molecule has 13 heteroatoms. The van der Waals surface area contributed by atoms with E-state index in [1.54, 1.807) is 30.3 Å². The number of nitrogens with zero attached hydrogens (tertiary/aromatic N) is 2. The number of carbonyl (C=O) groups excluding carboxylic acids is 1. The van der Waals surface area contributed by atoms with Crippen LogP contribution in [0.2, 0.25) is 0 Å². The number of nitrogens with one attached hydrogen (secondary N) is 1. The number of anilines is 1. The summed E-state index contributed by atoms with van der Waals surface area (Å²) in [7, 11) is -5.92. The molecule has 0 saturated carbocycles. The minimum atomic E-state index is -3.76. The molecular weight excluding hydrogens is 510 g/mol. The summed E-state index contributed by atoms with van der Waals surface area (Å²) < 4.78 is 68.5. The van der Waals surface area contributed by atoms with Crippen LogP contribution in [0.3, 0.4) is 0 Å². The van der Waals surface area contributed by atoms with Crippen LogP contribution in [-0.2, 0) is 29.6 Å². The predicted octanol–water partition coefficient (Wildman–Crippen LogP) is 0.986. The molecule has 1 amide bonds. The standard InChI is InChI=1S/C23H31N3O8S2/c1-18-4-9-22(32-2)21(16-18)26(35(3,28)29)17-23(27)24-10-13-34-19-5-7-20(8-6-19)36(30,31)25-11-14-33-15-12-25/h4-9,16H,10-15,17H2,1-3H3,(H,24,27). The van der Waals surface area contributed by atoms with Gasteiger partial charge in [-0.15, -0.1) is 0 Å². The van der Waals surface area contributed by atoms with Gasteiger partial charge in [-0.05, 0) is 48.9 Å². The summed E-state index contributed by atoms with van der Waals surface area (Å²) in [6.45, 7) is 2.97. The van der Waals surface area contributed by atoms with Gasteiger partial charge in [0.25, 0.3) is 0 Å². The highest BCUT2D eigenvalue weighted by atomic mass is 32.2. The number of methoxy groups -OCH3 is 1. The van der Waals surface area contributed by atoms with Crippen LogP contribution in [-0.4, -0.2) is 86.4 Å². The molecule has 0 bridgehead atoms. The van der Waals surface area contributed by atoms with Crippen LogP contribution in [0.4, 0.5) is 5.69 Å². The van der Waals surface area contributed by atoms with Crippen LogP contribution in [0, 0.1) is 6.92 Å². The Balaban J connectivity index is 1.53. The molecule has 1 N–H and O–H groups in total. The molecular formula is C23H31N3O8S2. The van der Waals surface area contributed by atoms with Crippen LogP contribution in [0.5, 0.6) is 11.5 Å². The molecule has 0 radical (unpaired) electrons. The second kappa shape index (κ2) is 11.9. The van der Waals surface area contributed by atoms with Gasteiger partial charge >= 0.3 is 0 Å². The maximum Gasteiger partial charge on any atom is 0.243 e. The lowest BCUT2D eigenvalue weighted by atomic mass is 10.2. The molecule has 11 nitrogen and oxygen atoms in total. The number of sulfonamides is 2. The second-order valence-electron chi connectivity index (χ2n) is 8.13. The minimum absolute atomic E-state index is 0.105. The third-order valence-electron chi connectivity index (χ3n) is 5.42. The summed E-state index contributed by atoms with van der Waals surface area (Å²) in [5, 5.41) is 2.63. The van der Waals surface area contributed by atoms with Crippen molar-refractivity contribution < 1.29 is 35.8 Å². The monoisotopic (exact) mass is 541 g/mol. The van der Waals surface area contributed by atoms with Crippen molar-refractivity contribution >= 4 is 31.6 Å². The van der Waals surface area contributed by atoms with Gasteiger partial charge in [-0.25, -0.2) is 16.8 Å². The zero-order chi connectivity index (χ0) is 26.3. The summed E-state index contributed by atoms with van der Waals surface area (Å²) in [6.07, 6.45) is 1.02. The lowest BCUT2D eigenvalue weighted by molar-refractivity contribution is -0.119. The molecule has 1 saturated heterocycles. The Kier molecular flexibility index (Phi) is 9.17. The highest BCUT2D eigenvalue weighted by Crippen LogP contribution is 2.30. The van der Waals surface area contributed by atoms with Gasteiger partial charge in [0.15, 0.2) is 0 Å². The zero-order valence-electron chi connectivity index (χ0n) is 20.5. The van der Waals surface area contributed by atoms with Crippen LogP contribution in [0.25, 0.3) is 0 Å². The third kappa shape index (κ3) is 7.09. The normalized spacial score (nSPS) is 14.8. The maximum atomic E-state index is 12.7. The molecule has 198 valence electrons. The first-order chi connectivity index (χ1) is 17.0. The van der Waals surface area contributed by atoms with Gasteiger partial charge in [0.2, 0.25) is 26.0 Å². The lowest BCUT2D eigenvalue weighted by Crippen LogP contribution is -2.41. The van der Waals surface area contributed by atoms with Crippen molar-refractivity contribution in [2.24, 2.45) is 0 Å². The quantitative estimate of drug-likeness (QED) is 0.417. The van der Waals surface area contributed by atoms with Gasteiger partial charge in [-0.2, -0.15) is 4.31 Å². The lowest BCUT2D eigenvalue weighted by Gasteiger charge is -2.26. The van der Waals surface area contributed by atoms with Crippen molar-refractivity contribution in [3.8, 4) is 11.5 Å². The van der Waals surface area contributed by atoms with Crippen molar-refractivity contribution in [3.05, 3.63) is 48.0 Å². The van der Waals surface area contributed by atoms with Gasteiger partial charge in [-0.3, -0.25) is 9.10 Å². The maximum absolute atomic E-state index is 12.7. The minimum Gasteiger partial charge on any atom is -0.495 e. The molecule has 1 aliphatic rings. The van der Waals surface area contributed by atoms with Crippen LogP contribution < -0.4 is 19.1 Å². The number of rotatable bonds is 11. The van der Waals surface area contributed by atoms with E-state index in [-0.39, 0.29) is 23.7 Å². The van der Waals surface area contributed by atoms with E-state index in [1.807, 2.05) is 6.92 Å². The van der Waals surface area contributed by atoms with E-state index in [0.29, 0.717) is 37.8 Å². The Bertz CT molecular complexity index is 1260. The number of hydrogen-bond donors (Lipinski definition) is 1. The molecule has 0 unspecified atom stereocenters. The van der Waals surface area contributed by atoms with Crippen molar-refractivity contribution in [2.45, 2.75) is 11.8 Å². The van der Waals surface area contributed by atoms with E-state index in [4.69, 9.17) is 14.2 Å². The molecule has 1 heterocycles. The van der Waals surface area contributed by atoms with Crippen molar-refractivity contribution in [2.75, 3.05) is 63.7 Å². The summed E-state index contributed by atoms with van der Waals surface area (Å²) in [5.41, 5.74) is 1.09. The van der Waals surface area contributed by atoms with E-state index < -0.39 is 32.5 Å². The first kappa shape index (κ1) is 27.7. The fourth-order valence-electron chi connectivity index (χ4n) is 3.57. The average molecular weight is 542 g/mol. The summed E-state index contributed by atoms with van der Waals surface area (Å²) in [4.78, 5) is 12.6. The Morgan fingerprint density at radius 1 is 1.08 bits per heavy atom. The molecule has 36 heavy (non-hydrogen) atoms. The molecule has 2 aromatic carbocycles. The molecule has 0 aliphatic carbocycles. The van der Waals surface area contributed by atoms with Gasteiger partial charge in [0.1, 0.15) is 24.7 Å². The Morgan fingerprint density at radius 2 is 1.75 bits per heavy atom. The fraction of sp³-hybridized carbons (Fsp3) is 0.435. The third-order valence-corrected chi connectivity index (χ3v) is 8.45. The van der Waals surface area contributed by atoms with Gasteiger partial charge in [-0.1, -0.05) is 6.07 Å². The first-order valence-corrected chi connectivity index (χ1v) is 14.5. The fourth-order valence-corrected chi connectivity index (χ4v) is 5.83. The Hall–Kier alpha value is -2.87. The molecule has 1 fully saturated rings. The highest BCUT2D eigenvalue weighted by Gasteiger charge is 2.26. The Labute approximate surface area is 212 Å². The van der Waals surface area contributed by atoms with Crippen LogP contribution in [0.15, 0.2) is 47.4 Å². The van der Waals surface area contributed by atoms with Crippen molar-refractivity contribution in [1.29, 1.82) is 0 Å². The van der Waals surface area contributed by atoms with Gasteiger partial charge in [0, 0.05) is 13.1 Å². The highest BCUT2D eigenvalue weighted by molar-refractivity contribution is 7.92. The number of carbonyl (C=O) groups is 1. The molecule has 0 spiro atoms. The number of benzene rings is 2.